The van der Waals surface area contributed by atoms with E-state index in [9.17, 15) is 9.59 Å². The molecule has 1 atom stereocenters. The topological polar surface area (TPSA) is 85.8 Å². The highest BCUT2D eigenvalue weighted by Gasteiger charge is 2.26. The Morgan fingerprint density at radius 1 is 1.14 bits per heavy atom. The normalized spacial score (nSPS) is 16.0. The van der Waals surface area contributed by atoms with Crippen molar-refractivity contribution in [2.45, 2.75) is 12.5 Å². The molecule has 29 heavy (non-hydrogen) atoms. The summed E-state index contributed by atoms with van der Waals surface area (Å²) in [5.74, 6) is -0.135. The number of anilines is 2. The number of carbonyl (C=O) groups is 2. The van der Waals surface area contributed by atoms with Crippen LogP contribution in [0.3, 0.4) is 0 Å². The summed E-state index contributed by atoms with van der Waals surface area (Å²) in [5.41, 5.74) is 2.81. The SMILES string of the molecule is CN(C(=O)c1ccc(N[C@H]2CCN(C(=O)O)C2)c2cccnc12)c1ccccc1. The second-order valence-electron chi connectivity index (χ2n) is 7.12. The summed E-state index contributed by atoms with van der Waals surface area (Å²) < 4.78 is 0. The fraction of sp³-hybridized carbons (Fsp3) is 0.227. The Hall–Kier alpha value is -3.61. The molecule has 3 aromatic rings. The Morgan fingerprint density at radius 3 is 2.66 bits per heavy atom. The predicted molar refractivity (Wildman–Crippen MR) is 113 cm³/mol. The summed E-state index contributed by atoms with van der Waals surface area (Å²) in [7, 11) is 1.75. The lowest BCUT2D eigenvalue weighted by atomic mass is 10.1. The average molecular weight is 390 g/mol. The Kier molecular flexibility index (Phi) is 5.03. The number of aromatic nitrogens is 1. The zero-order valence-electron chi connectivity index (χ0n) is 16.1. The number of carboxylic acid groups (broad SMARTS) is 1. The smallest absolute Gasteiger partial charge is 0.407 e. The molecule has 7 heteroatoms. The van der Waals surface area contributed by atoms with Crippen LogP contribution in [0.25, 0.3) is 10.9 Å². The van der Waals surface area contributed by atoms with Crippen LogP contribution in [0.2, 0.25) is 0 Å². The molecule has 1 aromatic heterocycles. The molecule has 1 aliphatic heterocycles. The van der Waals surface area contributed by atoms with E-state index in [1.165, 1.54) is 4.90 Å². The Morgan fingerprint density at radius 2 is 1.93 bits per heavy atom. The van der Waals surface area contributed by atoms with E-state index in [2.05, 4.69) is 10.3 Å². The van der Waals surface area contributed by atoms with Gasteiger partial charge in [-0.3, -0.25) is 9.78 Å². The van der Waals surface area contributed by atoms with E-state index in [4.69, 9.17) is 5.11 Å². The molecule has 0 radical (unpaired) electrons. The molecule has 0 bridgehead atoms. The van der Waals surface area contributed by atoms with Crippen LogP contribution in [-0.4, -0.2) is 53.2 Å². The molecule has 2 aromatic carbocycles. The van der Waals surface area contributed by atoms with Gasteiger partial charge in [-0.15, -0.1) is 0 Å². The molecule has 2 heterocycles. The molecule has 0 saturated carbocycles. The van der Waals surface area contributed by atoms with Gasteiger partial charge in [0, 0.05) is 49.1 Å². The molecular formula is C22H22N4O3. The van der Waals surface area contributed by atoms with E-state index < -0.39 is 6.09 Å². The third-order valence-electron chi connectivity index (χ3n) is 5.27. The van der Waals surface area contributed by atoms with Crippen LogP contribution in [0.15, 0.2) is 60.8 Å². The number of fused-ring (bicyclic) bond motifs is 1. The van der Waals surface area contributed by atoms with Gasteiger partial charge in [0.1, 0.15) is 0 Å². The van der Waals surface area contributed by atoms with Crippen molar-refractivity contribution in [2.75, 3.05) is 30.4 Å². The number of hydrogen-bond acceptors (Lipinski definition) is 4. The van der Waals surface area contributed by atoms with Crippen molar-refractivity contribution < 1.29 is 14.7 Å². The summed E-state index contributed by atoms with van der Waals surface area (Å²) in [5, 5.41) is 13.4. The first-order valence-electron chi connectivity index (χ1n) is 9.50. The number of nitrogens with one attached hydrogen (secondary N) is 1. The first-order chi connectivity index (χ1) is 14.0. The highest BCUT2D eigenvalue weighted by Crippen LogP contribution is 2.28. The van der Waals surface area contributed by atoms with E-state index in [1.807, 2.05) is 48.5 Å². The highest BCUT2D eigenvalue weighted by molar-refractivity contribution is 6.14. The van der Waals surface area contributed by atoms with Gasteiger partial charge < -0.3 is 20.2 Å². The number of rotatable bonds is 4. The number of nitrogens with zero attached hydrogens (tertiary/aromatic N) is 3. The summed E-state index contributed by atoms with van der Waals surface area (Å²) in [6, 6.07) is 16.9. The molecule has 1 aliphatic rings. The minimum Gasteiger partial charge on any atom is -0.465 e. The van der Waals surface area contributed by atoms with E-state index in [0.29, 0.717) is 24.2 Å². The number of amides is 2. The number of pyridine rings is 1. The quantitative estimate of drug-likeness (QED) is 0.710. The zero-order chi connectivity index (χ0) is 20.4. The van der Waals surface area contributed by atoms with Crippen LogP contribution in [0.4, 0.5) is 16.2 Å². The second kappa shape index (κ2) is 7.79. The van der Waals surface area contributed by atoms with Crippen LogP contribution >= 0.6 is 0 Å². The monoisotopic (exact) mass is 390 g/mol. The van der Waals surface area contributed by atoms with Gasteiger partial charge in [-0.1, -0.05) is 18.2 Å². The molecule has 0 aliphatic carbocycles. The minimum atomic E-state index is -0.897. The largest absolute Gasteiger partial charge is 0.465 e. The molecule has 0 spiro atoms. The molecule has 7 nitrogen and oxygen atoms in total. The van der Waals surface area contributed by atoms with Crippen molar-refractivity contribution in [1.82, 2.24) is 9.88 Å². The third-order valence-corrected chi connectivity index (χ3v) is 5.27. The van der Waals surface area contributed by atoms with Gasteiger partial charge in [-0.2, -0.15) is 0 Å². The van der Waals surface area contributed by atoms with E-state index in [1.54, 1.807) is 24.2 Å². The lowest BCUT2D eigenvalue weighted by Gasteiger charge is -2.20. The maximum absolute atomic E-state index is 13.1. The van der Waals surface area contributed by atoms with Crippen molar-refractivity contribution in [2.24, 2.45) is 0 Å². The third kappa shape index (κ3) is 3.71. The van der Waals surface area contributed by atoms with Gasteiger partial charge in [0.25, 0.3) is 5.91 Å². The van der Waals surface area contributed by atoms with Gasteiger partial charge in [0.05, 0.1) is 11.1 Å². The number of para-hydroxylation sites is 1. The van der Waals surface area contributed by atoms with Gasteiger partial charge >= 0.3 is 6.09 Å². The lowest BCUT2D eigenvalue weighted by Crippen LogP contribution is -2.30. The molecular weight excluding hydrogens is 368 g/mol. The second-order valence-corrected chi connectivity index (χ2v) is 7.12. The molecule has 4 rings (SSSR count). The van der Waals surface area contributed by atoms with Gasteiger partial charge in [0.2, 0.25) is 0 Å². The molecule has 2 amide bonds. The molecule has 1 fully saturated rings. The number of hydrogen-bond donors (Lipinski definition) is 2. The summed E-state index contributed by atoms with van der Waals surface area (Å²) in [4.78, 5) is 31.8. The number of carbonyl (C=O) groups excluding carboxylic acids is 1. The fourth-order valence-electron chi connectivity index (χ4n) is 3.69. The standard InChI is InChI=1S/C22H22N4O3/c1-25(16-6-3-2-4-7-16)21(27)18-9-10-19(17-8-5-12-23-20(17)18)24-15-11-13-26(14-15)22(28)29/h2-10,12,15,24H,11,13-14H2,1H3,(H,28,29)/t15-/m0/s1. The van der Waals surface area contributed by atoms with Crippen molar-refractivity contribution in [3.8, 4) is 0 Å². The molecule has 148 valence electrons. The molecule has 1 saturated heterocycles. The lowest BCUT2D eigenvalue weighted by molar-refractivity contribution is 0.0994. The first-order valence-corrected chi connectivity index (χ1v) is 9.50. The van der Waals surface area contributed by atoms with Crippen molar-refractivity contribution >= 4 is 34.3 Å². The van der Waals surface area contributed by atoms with Gasteiger partial charge in [0.15, 0.2) is 0 Å². The van der Waals surface area contributed by atoms with Crippen LogP contribution < -0.4 is 10.2 Å². The van der Waals surface area contributed by atoms with Crippen LogP contribution in [0.1, 0.15) is 16.8 Å². The summed E-state index contributed by atoms with van der Waals surface area (Å²) in [6.07, 6.45) is 1.52. The van der Waals surface area contributed by atoms with Crippen molar-refractivity contribution in [3.05, 3.63) is 66.4 Å². The van der Waals surface area contributed by atoms with Crippen LogP contribution in [-0.2, 0) is 0 Å². The maximum atomic E-state index is 13.1. The van der Waals surface area contributed by atoms with Crippen molar-refractivity contribution in [1.29, 1.82) is 0 Å². The molecule has 2 N–H and O–H groups in total. The van der Waals surface area contributed by atoms with Crippen LogP contribution in [0, 0.1) is 0 Å². The number of likely N-dealkylation sites (tertiary alicyclic amines) is 1. The Labute approximate surface area is 168 Å². The summed E-state index contributed by atoms with van der Waals surface area (Å²) >= 11 is 0. The van der Waals surface area contributed by atoms with E-state index in [-0.39, 0.29) is 11.9 Å². The molecule has 0 unspecified atom stereocenters. The zero-order valence-corrected chi connectivity index (χ0v) is 16.1. The first kappa shape index (κ1) is 18.7. The Balaban J connectivity index is 1.64. The predicted octanol–water partition coefficient (Wildman–Crippen LogP) is 3.68. The van der Waals surface area contributed by atoms with Crippen LogP contribution in [0.5, 0.6) is 0 Å². The Bertz CT molecular complexity index is 1050. The van der Waals surface area contributed by atoms with Gasteiger partial charge in [-0.25, -0.2) is 4.79 Å². The van der Waals surface area contributed by atoms with Gasteiger partial charge in [-0.05, 0) is 42.8 Å². The fourth-order valence-corrected chi connectivity index (χ4v) is 3.69. The van der Waals surface area contributed by atoms with E-state index in [0.717, 1.165) is 23.2 Å². The highest BCUT2D eigenvalue weighted by atomic mass is 16.4. The van der Waals surface area contributed by atoms with Crippen molar-refractivity contribution in [3.63, 3.8) is 0 Å². The average Bonchev–Trinajstić information content (AvgIpc) is 3.22. The number of benzene rings is 2. The maximum Gasteiger partial charge on any atom is 0.407 e. The minimum absolute atomic E-state index is 0.0306. The summed E-state index contributed by atoms with van der Waals surface area (Å²) in [6.45, 7) is 0.955. The van der Waals surface area contributed by atoms with E-state index >= 15 is 0 Å².